The van der Waals surface area contributed by atoms with E-state index in [2.05, 4.69) is 0 Å². The fraction of sp³-hybridized carbons (Fsp3) is 0.833. The second kappa shape index (κ2) is 31.7. The molecule has 0 spiro atoms. The fourth-order valence-corrected chi connectivity index (χ4v) is 0. The lowest BCUT2D eigenvalue weighted by molar-refractivity contribution is -0.134. The summed E-state index contributed by atoms with van der Waals surface area (Å²) in [5, 5.41) is 7.42. The highest BCUT2D eigenvalue weighted by Gasteiger charge is 1.65. The smallest absolute Gasteiger partial charge is 0.300 e. The highest BCUT2D eigenvalue weighted by molar-refractivity contribution is 5.62. The molecule has 0 amide bonds. The average Bonchev–Trinajstić information content (AvgIpc) is 1.75. The largest absolute Gasteiger partial charge is 0.481 e. The molecule has 0 saturated heterocycles. The number of rotatable bonds is 0. The summed E-state index contributed by atoms with van der Waals surface area (Å²) < 4.78 is 0. The van der Waals surface area contributed by atoms with Gasteiger partial charge in [-0.05, 0) is 0 Å². The summed E-state index contributed by atoms with van der Waals surface area (Å²) in [6.45, 7) is 9.08. The topological polar surface area (TPSA) is 37.3 Å². The molecule has 0 aromatic heterocycles. The van der Waals surface area contributed by atoms with E-state index in [1.165, 1.54) is 0 Å². The van der Waals surface area contributed by atoms with Crippen molar-refractivity contribution in [2.24, 2.45) is 0 Å². The highest BCUT2D eigenvalue weighted by atomic mass is 16.4. The van der Waals surface area contributed by atoms with Crippen LogP contribution in [0.3, 0.4) is 0 Å². The summed E-state index contributed by atoms with van der Waals surface area (Å²) in [5.41, 5.74) is 0. The van der Waals surface area contributed by atoms with E-state index in [1.54, 1.807) is 0 Å². The third kappa shape index (κ3) is 389. The number of carbonyl (C=O) groups is 1. The fourth-order valence-electron chi connectivity index (χ4n) is 0. The van der Waals surface area contributed by atoms with Gasteiger partial charge in [0.1, 0.15) is 0 Å². The van der Waals surface area contributed by atoms with Crippen molar-refractivity contribution in [2.75, 3.05) is 0 Å². The maximum absolute atomic E-state index is 9.00. The van der Waals surface area contributed by atoms with E-state index < -0.39 is 5.97 Å². The Morgan fingerprint density at radius 1 is 1.12 bits per heavy atom. The predicted molar refractivity (Wildman–Crippen MR) is 36.0 cm³/mol. The van der Waals surface area contributed by atoms with Gasteiger partial charge in [-0.1, -0.05) is 27.7 Å². The van der Waals surface area contributed by atoms with Crippen LogP contribution >= 0.6 is 0 Å². The summed E-state index contributed by atoms with van der Waals surface area (Å²) in [6, 6.07) is 0. The summed E-state index contributed by atoms with van der Waals surface area (Å²) in [7, 11) is 0. The van der Waals surface area contributed by atoms with Crippen molar-refractivity contribution >= 4 is 5.97 Å². The highest BCUT2D eigenvalue weighted by Crippen LogP contribution is 1.42. The molecule has 0 unspecified atom stereocenters. The molecular formula is C6H16O2. The van der Waals surface area contributed by atoms with Crippen molar-refractivity contribution in [1.29, 1.82) is 0 Å². The molecule has 0 aliphatic carbocycles. The lowest BCUT2D eigenvalue weighted by atomic mass is 10.9. The molecule has 0 aliphatic rings. The van der Waals surface area contributed by atoms with Crippen LogP contribution in [0.15, 0.2) is 0 Å². The maximum atomic E-state index is 9.00. The van der Waals surface area contributed by atoms with E-state index in [4.69, 9.17) is 9.90 Å². The minimum Gasteiger partial charge on any atom is -0.481 e. The minimum absolute atomic E-state index is 0.833. The molecular weight excluding hydrogens is 104 g/mol. The van der Waals surface area contributed by atoms with E-state index in [1.807, 2.05) is 27.7 Å². The van der Waals surface area contributed by atoms with E-state index in [9.17, 15) is 0 Å². The number of carboxylic acids is 1. The third-order valence-corrected chi connectivity index (χ3v) is 0. The van der Waals surface area contributed by atoms with Crippen LogP contribution < -0.4 is 0 Å². The minimum atomic E-state index is -0.833. The molecule has 0 rings (SSSR count). The third-order valence-electron chi connectivity index (χ3n) is 0. The number of hydrogen-bond donors (Lipinski definition) is 1. The van der Waals surface area contributed by atoms with Gasteiger partial charge in [-0.25, -0.2) is 0 Å². The molecule has 0 fully saturated rings. The SMILES string of the molecule is CC.CC.CC(=O)O. The Morgan fingerprint density at radius 2 is 1.12 bits per heavy atom. The Hall–Kier alpha value is -0.530. The van der Waals surface area contributed by atoms with Gasteiger partial charge in [0.15, 0.2) is 0 Å². The van der Waals surface area contributed by atoms with Crippen molar-refractivity contribution in [3.05, 3.63) is 0 Å². The van der Waals surface area contributed by atoms with Crippen molar-refractivity contribution in [3.8, 4) is 0 Å². The normalized spacial score (nSPS) is 4.62. The Bertz CT molecular complexity index is 29.5. The summed E-state index contributed by atoms with van der Waals surface area (Å²) in [5.74, 6) is -0.833. The van der Waals surface area contributed by atoms with E-state index in [0.29, 0.717) is 0 Å². The van der Waals surface area contributed by atoms with Crippen LogP contribution in [0, 0.1) is 0 Å². The zero-order valence-electron chi connectivity index (χ0n) is 6.36. The summed E-state index contributed by atoms with van der Waals surface area (Å²) in [6.07, 6.45) is 0. The van der Waals surface area contributed by atoms with Gasteiger partial charge in [0, 0.05) is 6.92 Å². The van der Waals surface area contributed by atoms with Gasteiger partial charge in [-0.15, -0.1) is 0 Å². The Labute approximate surface area is 51.5 Å². The molecule has 1 N–H and O–H groups in total. The van der Waals surface area contributed by atoms with E-state index >= 15 is 0 Å². The van der Waals surface area contributed by atoms with Crippen molar-refractivity contribution in [2.45, 2.75) is 34.6 Å². The second-order valence-corrected chi connectivity index (χ2v) is 0.519. The standard InChI is InChI=1S/C2H4O2.2C2H6/c1-2(3)4;2*1-2/h1H3,(H,3,4);2*1-2H3. The van der Waals surface area contributed by atoms with Crippen molar-refractivity contribution in [1.82, 2.24) is 0 Å². The van der Waals surface area contributed by atoms with Crippen molar-refractivity contribution < 1.29 is 9.90 Å². The number of aliphatic carboxylic acids is 1. The quantitative estimate of drug-likeness (QED) is 0.531. The first-order chi connectivity index (χ1) is 3.73. The average molecular weight is 120 g/mol. The summed E-state index contributed by atoms with van der Waals surface area (Å²) >= 11 is 0. The monoisotopic (exact) mass is 120 g/mol. The van der Waals surface area contributed by atoms with Crippen LogP contribution in [0.5, 0.6) is 0 Å². The predicted octanol–water partition coefficient (Wildman–Crippen LogP) is 2.14. The van der Waals surface area contributed by atoms with Gasteiger partial charge in [0.25, 0.3) is 5.97 Å². The maximum Gasteiger partial charge on any atom is 0.300 e. The van der Waals surface area contributed by atoms with Crippen LogP contribution in [0.2, 0.25) is 0 Å². The molecule has 0 bridgehead atoms. The van der Waals surface area contributed by atoms with Gasteiger partial charge < -0.3 is 5.11 Å². The second-order valence-electron chi connectivity index (χ2n) is 0.519. The number of hydrogen-bond acceptors (Lipinski definition) is 1. The number of carboxylic acid groups (broad SMARTS) is 1. The molecule has 0 aliphatic heterocycles. The molecule has 0 aromatic carbocycles. The van der Waals surface area contributed by atoms with Crippen LogP contribution in [-0.4, -0.2) is 11.1 Å². The molecule has 0 radical (unpaired) electrons. The van der Waals surface area contributed by atoms with Gasteiger partial charge in [-0.2, -0.15) is 0 Å². The first-order valence-corrected chi connectivity index (χ1v) is 2.93. The van der Waals surface area contributed by atoms with Gasteiger partial charge >= 0.3 is 0 Å². The molecule has 0 atom stereocenters. The molecule has 0 aromatic rings. The van der Waals surface area contributed by atoms with E-state index in [-0.39, 0.29) is 0 Å². The molecule has 52 valence electrons. The molecule has 2 nitrogen and oxygen atoms in total. The zero-order valence-corrected chi connectivity index (χ0v) is 6.36. The molecule has 0 heterocycles. The lowest BCUT2D eigenvalue weighted by Crippen LogP contribution is -1.78. The molecule has 2 heteroatoms. The van der Waals surface area contributed by atoms with Gasteiger partial charge in [0.05, 0.1) is 0 Å². The molecule has 0 saturated carbocycles. The van der Waals surface area contributed by atoms with Crippen LogP contribution in [0.25, 0.3) is 0 Å². The first-order valence-electron chi connectivity index (χ1n) is 2.93. The van der Waals surface area contributed by atoms with E-state index in [0.717, 1.165) is 6.92 Å². The zero-order chi connectivity index (χ0) is 7.58. The first kappa shape index (κ1) is 15.6. The Morgan fingerprint density at radius 3 is 1.12 bits per heavy atom. The van der Waals surface area contributed by atoms with Crippen LogP contribution in [0.1, 0.15) is 34.6 Å². The van der Waals surface area contributed by atoms with Crippen LogP contribution in [-0.2, 0) is 4.79 Å². The molecule has 8 heavy (non-hydrogen) atoms. The summed E-state index contributed by atoms with van der Waals surface area (Å²) in [4.78, 5) is 9.00. The Kier molecular flexibility index (Phi) is 62.1. The van der Waals surface area contributed by atoms with Crippen LogP contribution in [0.4, 0.5) is 0 Å². The van der Waals surface area contributed by atoms with Crippen molar-refractivity contribution in [3.63, 3.8) is 0 Å². The van der Waals surface area contributed by atoms with Gasteiger partial charge in [-0.3, -0.25) is 4.79 Å². The van der Waals surface area contributed by atoms with Gasteiger partial charge in [0.2, 0.25) is 0 Å². The Balaban J connectivity index is -0.0000000542. The lowest BCUT2D eigenvalue weighted by Gasteiger charge is -1.59.